The molecular formula is C15H13FN4O2. The minimum absolute atomic E-state index is 0.236. The van der Waals surface area contributed by atoms with Crippen molar-refractivity contribution in [1.29, 1.82) is 0 Å². The molecule has 2 N–H and O–H groups in total. The third-order valence-corrected chi connectivity index (χ3v) is 2.60. The molecule has 0 atom stereocenters. The van der Waals surface area contributed by atoms with E-state index < -0.39 is 17.6 Å². The van der Waals surface area contributed by atoms with E-state index in [0.29, 0.717) is 0 Å². The lowest BCUT2D eigenvalue weighted by atomic mass is 10.2. The first-order valence-electron chi connectivity index (χ1n) is 6.41. The standard InChI is InChI=1S/C15H13FN4O2/c16-13-5-3-12(4-6-13)15(22)18-10-14(21)20-19-9-11-2-1-7-17-8-11/h1-9H,10H2,(H,18,22)(H,20,21)/b19-9-. The largest absolute Gasteiger partial charge is 0.343 e. The summed E-state index contributed by atoms with van der Waals surface area (Å²) in [5, 5.41) is 6.15. The lowest BCUT2D eigenvalue weighted by Gasteiger charge is -2.04. The minimum Gasteiger partial charge on any atom is -0.343 e. The molecule has 0 bridgehead atoms. The van der Waals surface area contributed by atoms with Gasteiger partial charge in [0.1, 0.15) is 5.82 Å². The van der Waals surface area contributed by atoms with E-state index in [9.17, 15) is 14.0 Å². The zero-order valence-electron chi connectivity index (χ0n) is 11.5. The maximum Gasteiger partial charge on any atom is 0.259 e. The summed E-state index contributed by atoms with van der Waals surface area (Å²) >= 11 is 0. The second-order valence-corrected chi connectivity index (χ2v) is 4.27. The number of aromatic nitrogens is 1. The summed E-state index contributed by atoms with van der Waals surface area (Å²) in [5.74, 6) is -1.37. The van der Waals surface area contributed by atoms with Gasteiger partial charge in [-0.05, 0) is 30.3 Å². The lowest BCUT2D eigenvalue weighted by molar-refractivity contribution is -0.120. The summed E-state index contributed by atoms with van der Waals surface area (Å²) in [7, 11) is 0. The van der Waals surface area contributed by atoms with Gasteiger partial charge >= 0.3 is 0 Å². The lowest BCUT2D eigenvalue weighted by Crippen LogP contribution is -2.34. The van der Waals surface area contributed by atoms with Crippen molar-refractivity contribution >= 4 is 18.0 Å². The number of nitrogens with zero attached hydrogens (tertiary/aromatic N) is 2. The Kier molecular flexibility index (Phi) is 5.31. The Bertz CT molecular complexity index is 672. The first kappa shape index (κ1) is 15.3. The molecule has 1 aromatic carbocycles. The molecule has 0 fully saturated rings. The van der Waals surface area contributed by atoms with Crippen molar-refractivity contribution in [3.8, 4) is 0 Å². The summed E-state index contributed by atoms with van der Waals surface area (Å²) in [6, 6.07) is 8.54. The van der Waals surface area contributed by atoms with Crippen LogP contribution >= 0.6 is 0 Å². The van der Waals surface area contributed by atoms with Gasteiger partial charge < -0.3 is 5.32 Å². The van der Waals surface area contributed by atoms with Crippen LogP contribution in [0.4, 0.5) is 4.39 Å². The molecule has 2 amide bonds. The van der Waals surface area contributed by atoms with Gasteiger partial charge in [0.05, 0.1) is 12.8 Å². The van der Waals surface area contributed by atoms with Crippen LogP contribution in [-0.2, 0) is 4.79 Å². The zero-order valence-corrected chi connectivity index (χ0v) is 11.5. The Balaban J connectivity index is 1.77. The van der Waals surface area contributed by atoms with Crippen molar-refractivity contribution < 1.29 is 14.0 Å². The molecule has 0 spiro atoms. The van der Waals surface area contributed by atoms with Gasteiger partial charge in [-0.15, -0.1) is 0 Å². The van der Waals surface area contributed by atoms with E-state index >= 15 is 0 Å². The van der Waals surface area contributed by atoms with E-state index in [4.69, 9.17) is 0 Å². The Morgan fingerprint density at radius 1 is 1.23 bits per heavy atom. The molecule has 0 unspecified atom stereocenters. The number of hydrogen-bond donors (Lipinski definition) is 2. The predicted octanol–water partition coefficient (Wildman–Crippen LogP) is 1.10. The van der Waals surface area contributed by atoms with E-state index in [0.717, 1.165) is 5.56 Å². The van der Waals surface area contributed by atoms with Crippen LogP contribution < -0.4 is 10.7 Å². The molecule has 0 radical (unpaired) electrons. The summed E-state index contributed by atoms with van der Waals surface area (Å²) < 4.78 is 12.7. The van der Waals surface area contributed by atoms with E-state index in [1.165, 1.54) is 30.5 Å². The van der Waals surface area contributed by atoms with Crippen molar-refractivity contribution in [3.05, 3.63) is 65.7 Å². The van der Waals surface area contributed by atoms with Crippen LogP contribution in [0.25, 0.3) is 0 Å². The number of carbonyl (C=O) groups is 2. The third-order valence-electron chi connectivity index (χ3n) is 2.60. The highest BCUT2D eigenvalue weighted by molar-refractivity contribution is 5.96. The second kappa shape index (κ2) is 7.63. The maximum absolute atomic E-state index is 12.7. The molecule has 0 aliphatic heterocycles. The number of hydrazone groups is 1. The number of hydrogen-bond acceptors (Lipinski definition) is 4. The number of pyridine rings is 1. The SMILES string of the molecule is O=C(CNC(=O)c1ccc(F)cc1)N/N=C\c1cccnc1. The van der Waals surface area contributed by atoms with Gasteiger partial charge in [0.15, 0.2) is 0 Å². The maximum atomic E-state index is 12.7. The fourth-order valence-corrected chi connectivity index (χ4v) is 1.53. The van der Waals surface area contributed by atoms with Crippen LogP contribution in [0.15, 0.2) is 53.9 Å². The molecule has 0 saturated carbocycles. The Labute approximate surface area is 126 Å². The van der Waals surface area contributed by atoms with Gasteiger partial charge in [-0.1, -0.05) is 6.07 Å². The average Bonchev–Trinajstić information content (AvgIpc) is 2.54. The van der Waals surface area contributed by atoms with Gasteiger partial charge in [-0.2, -0.15) is 5.10 Å². The van der Waals surface area contributed by atoms with Gasteiger partial charge in [-0.3, -0.25) is 14.6 Å². The molecule has 7 heteroatoms. The topological polar surface area (TPSA) is 83.5 Å². The Morgan fingerprint density at radius 3 is 2.68 bits per heavy atom. The number of carbonyl (C=O) groups excluding carboxylic acids is 2. The van der Waals surface area contributed by atoms with Crippen molar-refractivity contribution in [3.63, 3.8) is 0 Å². The van der Waals surface area contributed by atoms with Gasteiger partial charge in [0, 0.05) is 23.5 Å². The molecular weight excluding hydrogens is 287 g/mol. The Morgan fingerprint density at radius 2 is 2.00 bits per heavy atom. The second-order valence-electron chi connectivity index (χ2n) is 4.27. The van der Waals surface area contributed by atoms with Crippen molar-refractivity contribution in [1.82, 2.24) is 15.7 Å². The van der Waals surface area contributed by atoms with Crippen molar-refractivity contribution in [2.45, 2.75) is 0 Å². The summed E-state index contributed by atoms with van der Waals surface area (Å²) in [6.45, 7) is -0.236. The average molecular weight is 300 g/mol. The highest BCUT2D eigenvalue weighted by atomic mass is 19.1. The van der Waals surface area contributed by atoms with Crippen molar-refractivity contribution in [2.24, 2.45) is 5.10 Å². The van der Waals surface area contributed by atoms with E-state index in [2.05, 4.69) is 20.8 Å². The number of rotatable bonds is 5. The normalized spacial score (nSPS) is 10.4. The monoisotopic (exact) mass is 300 g/mol. The Hall–Kier alpha value is -3.09. The fraction of sp³-hybridized carbons (Fsp3) is 0.0667. The van der Waals surface area contributed by atoms with Crippen LogP contribution in [0.1, 0.15) is 15.9 Å². The molecule has 6 nitrogen and oxygen atoms in total. The van der Waals surface area contributed by atoms with Crippen LogP contribution in [0.3, 0.4) is 0 Å². The number of benzene rings is 1. The minimum atomic E-state index is -0.476. The first-order chi connectivity index (χ1) is 10.6. The number of nitrogens with one attached hydrogen (secondary N) is 2. The quantitative estimate of drug-likeness (QED) is 0.640. The van der Waals surface area contributed by atoms with E-state index in [1.807, 2.05) is 0 Å². The van der Waals surface area contributed by atoms with Gasteiger partial charge in [0.25, 0.3) is 11.8 Å². The highest BCUT2D eigenvalue weighted by Gasteiger charge is 2.07. The summed E-state index contributed by atoms with van der Waals surface area (Å²) in [6.07, 6.45) is 4.65. The molecule has 22 heavy (non-hydrogen) atoms. The van der Waals surface area contributed by atoms with Gasteiger partial charge in [-0.25, -0.2) is 9.82 Å². The number of halogens is 1. The molecule has 2 rings (SSSR count). The van der Waals surface area contributed by atoms with E-state index in [-0.39, 0.29) is 12.1 Å². The zero-order chi connectivity index (χ0) is 15.8. The highest BCUT2D eigenvalue weighted by Crippen LogP contribution is 2.02. The molecule has 0 aliphatic rings. The van der Waals surface area contributed by atoms with Crippen molar-refractivity contribution in [2.75, 3.05) is 6.54 Å². The summed E-state index contributed by atoms with van der Waals surface area (Å²) in [5.41, 5.74) is 3.28. The number of amides is 2. The molecule has 1 heterocycles. The van der Waals surface area contributed by atoms with Crippen LogP contribution in [0.5, 0.6) is 0 Å². The van der Waals surface area contributed by atoms with E-state index in [1.54, 1.807) is 24.5 Å². The third kappa shape index (κ3) is 4.78. The molecule has 2 aromatic rings. The van der Waals surface area contributed by atoms with Gasteiger partial charge in [0.2, 0.25) is 0 Å². The molecule has 112 valence electrons. The molecule has 0 aliphatic carbocycles. The fourth-order valence-electron chi connectivity index (χ4n) is 1.53. The molecule has 0 saturated heterocycles. The summed E-state index contributed by atoms with van der Waals surface area (Å²) in [4.78, 5) is 27.1. The van der Waals surface area contributed by atoms with Crippen LogP contribution in [0, 0.1) is 5.82 Å². The van der Waals surface area contributed by atoms with Crippen LogP contribution in [0.2, 0.25) is 0 Å². The molecule has 1 aromatic heterocycles. The smallest absolute Gasteiger partial charge is 0.259 e. The first-order valence-corrected chi connectivity index (χ1v) is 6.41. The predicted molar refractivity (Wildman–Crippen MR) is 78.7 cm³/mol. The van der Waals surface area contributed by atoms with Crippen LogP contribution in [-0.4, -0.2) is 29.6 Å².